The largest absolute Gasteiger partial charge is 0.299 e. The van der Waals surface area contributed by atoms with Gasteiger partial charge in [0.1, 0.15) is 12.1 Å². The summed E-state index contributed by atoms with van der Waals surface area (Å²) in [6.07, 6.45) is 3.40. The summed E-state index contributed by atoms with van der Waals surface area (Å²) in [5, 5.41) is 0. The van der Waals surface area contributed by atoms with Gasteiger partial charge >= 0.3 is 0 Å². The summed E-state index contributed by atoms with van der Waals surface area (Å²) in [6, 6.07) is 0. The highest BCUT2D eigenvalue weighted by molar-refractivity contribution is 6.31. The van der Waals surface area contributed by atoms with Gasteiger partial charge in [-0.2, -0.15) is 4.99 Å². The number of hydrogen-bond donors (Lipinski definition) is 0. The molecule has 2 rings (SSSR count). The van der Waals surface area contributed by atoms with Gasteiger partial charge in [0.15, 0.2) is 0 Å². The number of carbonyl (C=O) groups excluding carboxylic acids is 2. The number of Topliss-reactive ketones (excluding diaryl/α,β-unsaturated/α-hetero) is 1. The maximum Gasteiger partial charge on any atom is 0.280 e. The maximum atomic E-state index is 11.1. The molecule has 1 amide bonds. The number of aliphatic imine (C=N–C) groups is 2. The van der Waals surface area contributed by atoms with E-state index in [4.69, 9.17) is 0 Å². The molecule has 0 aromatic carbocycles. The zero-order valence-electron chi connectivity index (χ0n) is 6.28. The number of carbonyl (C=O) groups is 2. The molecule has 0 fully saturated rings. The van der Waals surface area contributed by atoms with Gasteiger partial charge in [0.05, 0.1) is 11.3 Å². The molecule has 0 saturated carbocycles. The van der Waals surface area contributed by atoms with Crippen molar-refractivity contribution in [1.29, 1.82) is 0 Å². The lowest BCUT2D eigenvalue weighted by Gasteiger charge is -2.13. The van der Waals surface area contributed by atoms with Crippen molar-refractivity contribution in [3.8, 4) is 0 Å². The van der Waals surface area contributed by atoms with Crippen LogP contribution in [0.2, 0.25) is 0 Å². The molecule has 0 unspecified atom stereocenters. The van der Waals surface area contributed by atoms with Gasteiger partial charge in [-0.05, 0) is 0 Å². The van der Waals surface area contributed by atoms with Crippen molar-refractivity contribution in [3.63, 3.8) is 0 Å². The SMILES string of the molecule is O=C1CC=C2C(=O)N=CN=C2C1. The molecule has 0 atom stereocenters. The number of amides is 1. The second-order valence-corrected chi connectivity index (χ2v) is 2.66. The molecule has 0 radical (unpaired) electrons. The zero-order valence-corrected chi connectivity index (χ0v) is 6.28. The van der Waals surface area contributed by atoms with E-state index < -0.39 is 0 Å². The lowest BCUT2D eigenvalue weighted by atomic mass is 9.95. The normalized spacial score (nSPS) is 21.7. The number of hydrogen-bond acceptors (Lipinski definition) is 3. The van der Waals surface area contributed by atoms with E-state index in [2.05, 4.69) is 9.98 Å². The predicted molar refractivity (Wildman–Crippen MR) is 43.3 cm³/mol. The van der Waals surface area contributed by atoms with Gasteiger partial charge < -0.3 is 0 Å². The standard InChI is InChI=1S/C8H6N2O2/c11-5-1-2-6-7(3-5)9-4-10-8(6)12/h2,4H,1,3H2. The van der Waals surface area contributed by atoms with Crippen molar-refractivity contribution < 1.29 is 9.59 Å². The van der Waals surface area contributed by atoms with E-state index >= 15 is 0 Å². The summed E-state index contributed by atoms with van der Waals surface area (Å²) in [5.41, 5.74) is 1.06. The fraction of sp³-hybridized carbons (Fsp3) is 0.250. The van der Waals surface area contributed by atoms with Crippen LogP contribution in [0.25, 0.3) is 0 Å². The maximum absolute atomic E-state index is 11.1. The summed E-state index contributed by atoms with van der Waals surface area (Å²) < 4.78 is 0. The van der Waals surface area contributed by atoms with Gasteiger partial charge in [-0.3, -0.25) is 9.59 Å². The average molecular weight is 162 g/mol. The molecular weight excluding hydrogens is 156 g/mol. The molecule has 0 N–H and O–H groups in total. The first kappa shape index (κ1) is 7.09. The number of rotatable bonds is 0. The molecule has 0 saturated heterocycles. The molecular formula is C8H6N2O2. The molecule has 12 heavy (non-hydrogen) atoms. The highest BCUT2D eigenvalue weighted by atomic mass is 16.1. The number of fused-ring (bicyclic) bond motifs is 1. The molecule has 0 aromatic rings. The van der Waals surface area contributed by atoms with Crippen molar-refractivity contribution in [2.45, 2.75) is 12.8 Å². The van der Waals surface area contributed by atoms with Crippen LogP contribution >= 0.6 is 0 Å². The Labute approximate surface area is 68.7 Å². The van der Waals surface area contributed by atoms with Gasteiger partial charge in [0, 0.05) is 12.8 Å². The number of ketones is 1. The fourth-order valence-electron chi connectivity index (χ4n) is 1.23. The van der Waals surface area contributed by atoms with E-state index in [0.29, 0.717) is 17.7 Å². The van der Waals surface area contributed by atoms with Crippen LogP contribution in [-0.4, -0.2) is 23.7 Å². The Kier molecular flexibility index (Phi) is 1.46. The van der Waals surface area contributed by atoms with Crippen LogP contribution in [0.1, 0.15) is 12.8 Å². The molecule has 60 valence electrons. The zero-order chi connectivity index (χ0) is 8.55. The average Bonchev–Trinajstić information content (AvgIpc) is 2.04. The van der Waals surface area contributed by atoms with E-state index in [-0.39, 0.29) is 18.1 Å². The van der Waals surface area contributed by atoms with E-state index in [9.17, 15) is 9.59 Å². The molecule has 2 aliphatic rings. The smallest absolute Gasteiger partial charge is 0.280 e. The van der Waals surface area contributed by atoms with Crippen molar-refractivity contribution in [2.24, 2.45) is 9.98 Å². The minimum atomic E-state index is -0.285. The first-order chi connectivity index (χ1) is 5.77. The van der Waals surface area contributed by atoms with E-state index in [1.54, 1.807) is 6.08 Å². The van der Waals surface area contributed by atoms with Gasteiger partial charge in [-0.15, -0.1) is 0 Å². The Morgan fingerprint density at radius 1 is 1.33 bits per heavy atom. The lowest BCUT2D eigenvalue weighted by Crippen LogP contribution is -2.22. The van der Waals surface area contributed by atoms with Gasteiger partial charge in [-0.1, -0.05) is 6.08 Å². The van der Waals surface area contributed by atoms with Crippen LogP contribution in [0.3, 0.4) is 0 Å². The Morgan fingerprint density at radius 3 is 3.00 bits per heavy atom. The Morgan fingerprint density at radius 2 is 2.17 bits per heavy atom. The Bertz CT molecular complexity index is 350. The van der Waals surface area contributed by atoms with Crippen molar-refractivity contribution in [1.82, 2.24) is 0 Å². The van der Waals surface area contributed by atoms with Crippen LogP contribution in [0.5, 0.6) is 0 Å². The van der Waals surface area contributed by atoms with E-state index in [0.717, 1.165) is 0 Å². The van der Waals surface area contributed by atoms with Crippen molar-refractivity contribution >= 4 is 23.7 Å². The van der Waals surface area contributed by atoms with Gasteiger partial charge in [-0.25, -0.2) is 4.99 Å². The number of allylic oxidation sites excluding steroid dienone is 1. The first-order valence-electron chi connectivity index (χ1n) is 3.63. The second-order valence-electron chi connectivity index (χ2n) is 2.66. The van der Waals surface area contributed by atoms with Crippen LogP contribution in [0.15, 0.2) is 21.6 Å². The van der Waals surface area contributed by atoms with Gasteiger partial charge in [0.2, 0.25) is 0 Å². The Hall–Kier alpha value is -1.58. The van der Waals surface area contributed by atoms with E-state index in [1.165, 1.54) is 6.34 Å². The second kappa shape index (κ2) is 2.48. The Balaban J connectivity index is 2.44. The monoisotopic (exact) mass is 162 g/mol. The van der Waals surface area contributed by atoms with Gasteiger partial charge in [0.25, 0.3) is 5.91 Å². The topological polar surface area (TPSA) is 58.9 Å². The minimum absolute atomic E-state index is 0.0978. The highest BCUT2D eigenvalue weighted by Gasteiger charge is 2.23. The third-order valence-corrected chi connectivity index (χ3v) is 1.83. The summed E-state index contributed by atoms with van der Waals surface area (Å²) in [4.78, 5) is 29.4. The summed E-state index contributed by atoms with van der Waals surface area (Å²) in [7, 11) is 0. The first-order valence-corrected chi connectivity index (χ1v) is 3.63. The molecule has 4 heteroatoms. The fourth-order valence-corrected chi connectivity index (χ4v) is 1.23. The third-order valence-electron chi connectivity index (χ3n) is 1.83. The quantitative estimate of drug-likeness (QED) is 0.513. The predicted octanol–water partition coefficient (Wildman–Crippen LogP) is 0.285. The van der Waals surface area contributed by atoms with Crippen molar-refractivity contribution in [2.75, 3.05) is 0 Å². The van der Waals surface area contributed by atoms with Crippen LogP contribution in [-0.2, 0) is 9.59 Å². The molecule has 4 nitrogen and oxygen atoms in total. The molecule has 1 aliphatic carbocycles. The molecule has 0 spiro atoms. The third kappa shape index (κ3) is 1.01. The molecule has 0 aromatic heterocycles. The summed E-state index contributed by atoms with van der Waals surface area (Å²) in [6.45, 7) is 0. The molecule has 1 aliphatic heterocycles. The number of nitrogens with zero attached hydrogens (tertiary/aromatic N) is 2. The molecule has 1 heterocycles. The summed E-state index contributed by atoms with van der Waals surface area (Å²) >= 11 is 0. The minimum Gasteiger partial charge on any atom is -0.299 e. The highest BCUT2D eigenvalue weighted by Crippen LogP contribution is 2.16. The summed E-state index contributed by atoms with van der Waals surface area (Å²) in [5.74, 6) is -0.187. The van der Waals surface area contributed by atoms with E-state index in [1.807, 2.05) is 0 Å². The lowest BCUT2D eigenvalue weighted by molar-refractivity contribution is -0.117. The van der Waals surface area contributed by atoms with Crippen LogP contribution in [0, 0.1) is 0 Å². The van der Waals surface area contributed by atoms with Crippen LogP contribution < -0.4 is 0 Å². The molecule has 0 bridgehead atoms. The van der Waals surface area contributed by atoms with Crippen molar-refractivity contribution in [3.05, 3.63) is 11.6 Å². The van der Waals surface area contributed by atoms with Crippen LogP contribution in [0.4, 0.5) is 0 Å².